The van der Waals surface area contributed by atoms with Crippen molar-refractivity contribution in [3.8, 4) is 6.07 Å². The molecule has 0 aliphatic heterocycles. The molecule has 0 radical (unpaired) electrons. The molecule has 6 heteroatoms. The highest BCUT2D eigenvalue weighted by Gasteiger charge is 2.54. The fourth-order valence-electron chi connectivity index (χ4n) is 7.03. The SMILES string of the molecule is N#Cc1cnc(NCC2CCCCC2)nc1NC[C@]12CC3C[C@H](C1)[C@@H](N)[C@@H](C3)C2. The zero-order valence-corrected chi connectivity index (χ0v) is 17.4. The van der Waals surface area contributed by atoms with Crippen LogP contribution < -0.4 is 16.4 Å². The summed E-state index contributed by atoms with van der Waals surface area (Å²) in [7, 11) is 0. The highest BCUT2D eigenvalue weighted by Crippen LogP contribution is 2.59. The van der Waals surface area contributed by atoms with Crippen LogP contribution in [0.2, 0.25) is 0 Å². The van der Waals surface area contributed by atoms with Gasteiger partial charge in [0.25, 0.3) is 0 Å². The second-order valence-corrected chi connectivity index (χ2v) is 10.4. The Morgan fingerprint density at radius 2 is 1.86 bits per heavy atom. The molecule has 1 aromatic heterocycles. The third kappa shape index (κ3) is 3.82. The van der Waals surface area contributed by atoms with Crippen molar-refractivity contribution >= 4 is 11.8 Å². The average molecular weight is 395 g/mol. The first-order valence-corrected chi connectivity index (χ1v) is 11.6. The lowest BCUT2D eigenvalue weighted by atomic mass is 9.48. The Bertz CT molecular complexity index is 764. The van der Waals surface area contributed by atoms with Crippen LogP contribution in [0.15, 0.2) is 6.20 Å². The summed E-state index contributed by atoms with van der Waals surface area (Å²) in [6.45, 7) is 1.83. The molecule has 29 heavy (non-hydrogen) atoms. The minimum Gasteiger partial charge on any atom is -0.368 e. The van der Waals surface area contributed by atoms with E-state index in [4.69, 9.17) is 5.73 Å². The van der Waals surface area contributed by atoms with Gasteiger partial charge in [-0.05, 0) is 74.0 Å². The molecule has 0 aromatic carbocycles. The minimum atomic E-state index is 0.333. The van der Waals surface area contributed by atoms with Crippen molar-refractivity contribution in [2.45, 2.75) is 70.3 Å². The molecule has 6 nitrogen and oxygen atoms in total. The first kappa shape index (κ1) is 19.1. The Morgan fingerprint density at radius 1 is 1.10 bits per heavy atom. The standard InChI is InChI=1S/C23H34N6/c24-11-19-13-27-22(26-12-15-4-2-1-3-5-15)29-21(19)28-14-23-8-16-6-17(9-23)20(25)18(7-16)10-23/h13,15-18,20H,1-10,12,14,25H2,(H2,26,27,28,29)/t16?,17-,18+,20-,23-. The molecule has 5 fully saturated rings. The Kier molecular flexibility index (Phi) is 5.11. The van der Waals surface area contributed by atoms with Gasteiger partial charge in [0.15, 0.2) is 0 Å². The van der Waals surface area contributed by atoms with E-state index in [0.29, 0.717) is 40.6 Å². The summed E-state index contributed by atoms with van der Waals surface area (Å²) < 4.78 is 0. The number of rotatable bonds is 6. The number of hydrogen-bond acceptors (Lipinski definition) is 6. The lowest BCUT2D eigenvalue weighted by molar-refractivity contribution is -0.0591. The van der Waals surface area contributed by atoms with Gasteiger partial charge in [-0.2, -0.15) is 10.2 Å². The van der Waals surface area contributed by atoms with Crippen molar-refractivity contribution in [2.75, 3.05) is 23.7 Å². The number of nitriles is 1. The van der Waals surface area contributed by atoms with Gasteiger partial charge in [-0.1, -0.05) is 19.3 Å². The predicted octanol–water partition coefficient (Wildman–Crippen LogP) is 3.91. The summed E-state index contributed by atoms with van der Waals surface area (Å²) in [6, 6.07) is 2.67. The number of nitrogens with two attached hydrogens (primary N) is 1. The van der Waals surface area contributed by atoms with Gasteiger partial charge < -0.3 is 16.4 Å². The molecule has 0 amide bonds. The molecule has 5 atom stereocenters. The fourth-order valence-corrected chi connectivity index (χ4v) is 7.03. The molecule has 4 bridgehead atoms. The van der Waals surface area contributed by atoms with Crippen molar-refractivity contribution in [3.05, 3.63) is 11.8 Å². The summed E-state index contributed by atoms with van der Waals surface area (Å²) in [6.07, 6.45) is 14.7. The molecule has 1 aromatic rings. The van der Waals surface area contributed by atoms with Crippen LogP contribution >= 0.6 is 0 Å². The molecular formula is C23H34N6. The zero-order chi connectivity index (χ0) is 19.8. The first-order chi connectivity index (χ1) is 14.1. The number of nitrogens with zero attached hydrogens (tertiary/aromatic N) is 3. The van der Waals surface area contributed by atoms with Crippen LogP contribution in [0, 0.1) is 40.4 Å². The van der Waals surface area contributed by atoms with Crippen molar-refractivity contribution in [2.24, 2.45) is 34.8 Å². The quantitative estimate of drug-likeness (QED) is 0.676. The lowest BCUT2D eigenvalue weighted by Gasteiger charge is -2.59. The second kappa shape index (κ2) is 7.75. The van der Waals surface area contributed by atoms with E-state index in [9.17, 15) is 5.26 Å². The predicted molar refractivity (Wildman–Crippen MR) is 114 cm³/mol. The summed E-state index contributed by atoms with van der Waals surface area (Å²) in [5.41, 5.74) is 7.37. The summed E-state index contributed by atoms with van der Waals surface area (Å²) in [5.74, 6) is 4.28. The topological polar surface area (TPSA) is 99.6 Å². The van der Waals surface area contributed by atoms with Crippen molar-refractivity contribution in [3.63, 3.8) is 0 Å². The van der Waals surface area contributed by atoms with E-state index < -0.39 is 0 Å². The molecule has 5 aliphatic carbocycles. The zero-order valence-electron chi connectivity index (χ0n) is 17.4. The monoisotopic (exact) mass is 394 g/mol. The van der Waals surface area contributed by atoms with Crippen LogP contribution in [0.4, 0.5) is 11.8 Å². The fraction of sp³-hybridized carbons (Fsp3) is 0.783. The maximum atomic E-state index is 9.53. The molecule has 1 unspecified atom stereocenters. The molecule has 5 aliphatic rings. The second-order valence-electron chi connectivity index (χ2n) is 10.4. The Balaban J connectivity index is 1.25. The van der Waals surface area contributed by atoms with E-state index in [1.165, 1.54) is 64.2 Å². The largest absolute Gasteiger partial charge is 0.368 e. The van der Waals surface area contributed by atoms with Crippen molar-refractivity contribution < 1.29 is 0 Å². The van der Waals surface area contributed by atoms with E-state index in [2.05, 4.69) is 26.7 Å². The molecule has 0 spiro atoms. The van der Waals surface area contributed by atoms with Crippen LogP contribution in [0.3, 0.4) is 0 Å². The van der Waals surface area contributed by atoms with Gasteiger partial charge in [0.05, 0.1) is 6.20 Å². The van der Waals surface area contributed by atoms with E-state index in [0.717, 1.165) is 24.9 Å². The number of aromatic nitrogens is 2. The van der Waals surface area contributed by atoms with Crippen molar-refractivity contribution in [1.29, 1.82) is 5.26 Å². The highest BCUT2D eigenvalue weighted by atomic mass is 15.1. The number of nitrogens with one attached hydrogen (secondary N) is 2. The number of hydrogen-bond donors (Lipinski definition) is 3. The van der Waals surface area contributed by atoms with Gasteiger partial charge in [-0.25, -0.2) is 4.98 Å². The van der Waals surface area contributed by atoms with Crippen LogP contribution in [0.1, 0.15) is 69.8 Å². The molecular weight excluding hydrogens is 360 g/mol. The van der Waals surface area contributed by atoms with Crippen LogP contribution in [0.25, 0.3) is 0 Å². The Labute approximate surface area is 174 Å². The third-order valence-electron chi connectivity index (χ3n) is 8.29. The molecule has 5 saturated carbocycles. The van der Waals surface area contributed by atoms with Gasteiger partial charge in [0.2, 0.25) is 5.95 Å². The Morgan fingerprint density at radius 3 is 2.59 bits per heavy atom. The van der Waals surface area contributed by atoms with Crippen LogP contribution in [0.5, 0.6) is 0 Å². The van der Waals surface area contributed by atoms with Gasteiger partial charge in [-0.3, -0.25) is 0 Å². The molecule has 0 saturated heterocycles. The highest BCUT2D eigenvalue weighted by molar-refractivity contribution is 5.53. The summed E-state index contributed by atoms with van der Waals surface area (Å²) >= 11 is 0. The number of anilines is 2. The van der Waals surface area contributed by atoms with Gasteiger partial charge in [0.1, 0.15) is 17.5 Å². The molecule has 4 N–H and O–H groups in total. The lowest BCUT2D eigenvalue weighted by Crippen LogP contribution is -2.58. The molecule has 1 heterocycles. The van der Waals surface area contributed by atoms with Gasteiger partial charge >= 0.3 is 0 Å². The van der Waals surface area contributed by atoms with Crippen LogP contribution in [-0.4, -0.2) is 29.1 Å². The van der Waals surface area contributed by atoms with Gasteiger partial charge in [0, 0.05) is 19.1 Å². The smallest absolute Gasteiger partial charge is 0.224 e. The summed E-state index contributed by atoms with van der Waals surface area (Å²) in [4.78, 5) is 9.06. The first-order valence-electron chi connectivity index (χ1n) is 11.6. The summed E-state index contributed by atoms with van der Waals surface area (Å²) in [5, 5.41) is 16.5. The van der Waals surface area contributed by atoms with Crippen LogP contribution in [-0.2, 0) is 0 Å². The molecule has 6 rings (SSSR count). The van der Waals surface area contributed by atoms with E-state index in [1.54, 1.807) is 6.20 Å². The van der Waals surface area contributed by atoms with E-state index in [-0.39, 0.29) is 0 Å². The average Bonchev–Trinajstić information content (AvgIpc) is 2.75. The maximum absolute atomic E-state index is 9.53. The maximum Gasteiger partial charge on any atom is 0.224 e. The Hall–Kier alpha value is -1.87. The third-order valence-corrected chi connectivity index (χ3v) is 8.29. The van der Waals surface area contributed by atoms with E-state index >= 15 is 0 Å². The normalized spacial score (nSPS) is 36.0. The minimum absolute atomic E-state index is 0.333. The molecule has 156 valence electrons. The van der Waals surface area contributed by atoms with E-state index in [1.807, 2.05) is 0 Å². The van der Waals surface area contributed by atoms with Crippen molar-refractivity contribution in [1.82, 2.24) is 9.97 Å². The van der Waals surface area contributed by atoms with Gasteiger partial charge in [-0.15, -0.1) is 0 Å².